The summed E-state index contributed by atoms with van der Waals surface area (Å²) in [5.41, 5.74) is 6.33. The first-order valence-corrected chi connectivity index (χ1v) is 7.85. The van der Waals surface area contributed by atoms with Gasteiger partial charge >= 0.3 is 0 Å². The normalized spacial score (nSPS) is 13.1. The summed E-state index contributed by atoms with van der Waals surface area (Å²) < 4.78 is 0. The highest BCUT2D eigenvalue weighted by atomic mass is 16.1. The molecule has 0 saturated heterocycles. The molecular weight excluding hydrogens is 272 g/mol. The zero-order valence-electron chi connectivity index (χ0n) is 13.4. The van der Waals surface area contributed by atoms with Crippen LogP contribution in [0.25, 0.3) is 0 Å². The molecule has 0 radical (unpaired) electrons. The number of benzene rings is 2. The van der Waals surface area contributed by atoms with E-state index < -0.39 is 0 Å². The van der Waals surface area contributed by atoms with Crippen LogP contribution < -0.4 is 10.2 Å². The van der Waals surface area contributed by atoms with Gasteiger partial charge in [0.25, 0.3) is 5.91 Å². The number of likely N-dealkylation sites (N-methyl/N-ethyl adjacent to an activating group) is 1. The number of nitrogens with one attached hydrogen (secondary N) is 1. The first-order chi connectivity index (χ1) is 10.6. The van der Waals surface area contributed by atoms with Crippen LogP contribution in [0, 0.1) is 13.8 Å². The van der Waals surface area contributed by atoms with E-state index in [9.17, 15) is 4.79 Å². The van der Waals surface area contributed by atoms with Crippen molar-refractivity contribution in [3.05, 3.63) is 58.7 Å². The molecule has 1 heterocycles. The molecule has 3 heteroatoms. The van der Waals surface area contributed by atoms with Crippen molar-refractivity contribution in [3.63, 3.8) is 0 Å². The van der Waals surface area contributed by atoms with Crippen LogP contribution in [0.2, 0.25) is 0 Å². The van der Waals surface area contributed by atoms with Crippen molar-refractivity contribution in [2.45, 2.75) is 27.2 Å². The Morgan fingerprint density at radius 1 is 1.18 bits per heavy atom. The number of aryl methyl sites for hydroxylation is 2. The van der Waals surface area contributed by atoms with Crippen LogP contribution in [-0.4, -0.2) is 19.0 Å². The van der Waals surface area contributed by atoms with Crippen molar-refractivity contribution in [2.24, 2.45) is 0 Å². The first-order valence-electron chi connectivity index (χ1n) is 7.85. The van der Waals surface area contributed by atoms with Crippen molar-refractivity contribution < 1.29 is 4.79 Å². The monoisotopic (exact) mass is 294 g/mol. The molecule has 22 heavy (non-hydrogen) atoms. The Kier molecular flexibility index (Phi) is 3.88. The van der Waals surface area contributed by atoms with E-state index in [-0.39, 0.29) is 5.91 Å². The van der Waals surface area contributed by atoms with Gasteiger partial charge in [-0.15, -0.1) is 0 Å². The predicted molar refractivity (Wildman–Crippen MR) is 91.9 cm³/mol. The van der Waals surface area contributed by atoms with Gasteiger partial charge in [-0.25, -0.2) is 0 Å². The molecule has 0 aromatic heterocycles. The van der Waals surface area contributed by atoms with E-state index in [0.29, 0.717) is 0 Å². The fourth-order valence-corrected chi connectivity index (χ4v) is 3.03. The molecule has 0 unspecified atom stereocenters. The van der Waals surface area contributed by atoms with Crippen LogP contribution in [0.1, 0.15) is 34.0 Å². The fraction of sp³-hybridized carbons (Fsp3) is 0.316. The Morgan fingerprint density at radius 2 is 2.00 bits per heavy atom. The molecule has 2 aromatic carbocycles. The number of hydrogen-bond acceptors (Lipinski definition) is 2. The molecule has 1 amide bonds. The van der Waals surface area contributed by atoms with E-state index in [4.69, 9.17) is 0 Å². The maximum Gasteiger partial charge on any atom is 0.255 e. The lowest BCUT2D eigenvalue weighted by atomic mass is 10.0. The number of fused-ring (bicyclic) bond motifs is 1. The summed E-state index contributed by atoms with van der Waals surface area (Å²) in [6, 6.07) is 12.2. The lowest BCUT2D eigenvalue weighted by Crippen LogP contribution is -2.19. The summed E-state index contributed by atoms with van der Waals surface area (Å²) >= 11 is 0. The molecule has 2 aromatic rings. The summed E-state index contributed by atoms with van der Waals surface area (Å²) in [5.74, 6) is -0.0396. The molecule has 1 N–H and O–H groups in total. The van der Waals surface area contributed by atoms with Crippen LogP contribution in [0.3, 0.4) is 0 Å². The average Bonchev–Trinajstić information content (AvgIpc) is 2.92. The molecule has 0 atom stereocenters. The van der Waals surface area contributed by atoms with Gasteiger partial charge in [0.1, 0.15) is 0 Å². The minimum atomic E-state index is -0.0396. The van der Waals surface area contributed by atoms with Crippen LogP contribution in [0.4, 0.5) is 11.4 Å². The van der Waals surface area contributed by atoms with Crippen molar-refractivity contribution in [2.75, 3.05) is 23.3 Å². The second kappa shape index (κ2) is 5.84. The van der Waals surface area contributed by atoms with E-state index in [1.807, 2.05) is 38.1 Å². The Hall–Kier alpha value is -2.29. The molecular formula is C19H22N2O. The number of rotatable bonds is 3. The van der Waals surface area contributed by atoms with Gasteiger partial charge in [0.05, 0.1) is 0 Å². The van der Waals surface area contributed by atoms with E-state index in [0.717, 1.165) is 41.9 Å². The molecule has 0 bridgehead atoms. The summed E-state index contributed by atoms with van der Waals surface area (Å²) in [4.78, 5) is 14.9. The lowest BCUT2D eigenvalue weighted by molar-refractivity contribution is 0.102. The van der Waals surface area contributed by atoms with Gasteiger partial charge in [0.15, 0.2) is 0 Å². The fourth-order valence-electron chi connectivity index (χ4n) is 3.03. The second-order valence-electron chi connectivity index (χ2n) is 5.95. The summed E-state index contributed by atoms with van der Waals surface area (Å²) in [5, 5.41) is 3.04. The van der Waals surface area contributed by atoms with Gasteiger partial charge in [0, 0.05) is 30.0 Å². The Bertz CT molecular complexity index is 721. The van der Waals surface area contributed by atoms with Crippen molar-refractivity contribution in [1.29, 1.82) is 0 Å². The van der Waals surface area contributed by atoms with Gasteiger partial charge in [-0.05, 0) is 56.5 Å². The standard InChI is InChI=1S/C19H22N2O/c1-4-21-10-9-15-7-8-16(12-18(15)21)20-19(22)17-11-13(2)5-6-14(17)3/h5-8,11-12H,4,9-10H2,1-3H3,(H,20,22). The summed E-state index contributed by atoms with van der Waals surface area (Å²) in [6.07, 6.45) is 1.09. The summed E-state index contributed by atoms with van der Waals surface area (Å²) in [7, 11) is 0. The molecule has 3 rings (SSSR count). The van der Waals surface area contributed by atoms with Gasteiger partial charge in [0.2, 0.25) is 0 Å². The minimum absolute atomic E-state index is 0.0396. The Morgan fingerprint density at radius 3 is 2.77 bits per heavy atom. The highest BCUT2D eigenvalue weighted by Crippen LogP contribution is 2.30. The highest BCUT2D eigenvalue weighted by Gasteiger charge is 2.18. The largest absolute Gasteiger partial charge is 0.371 e. The van der Waals surface area contributed by atoms with Crippen LogP contribution in [0.5, 0.6) is 0 Å². The van der Waals surface area contributed by atoms with Crippen molar-refractivity contribution in [3.8, 4) is 0 Å². The maximum atomic E-state index is 12.5. The molecule has 0 fully saturated rings. The summed E-state index contributed by atoms with van der Waals surface area (Å²) in [6.45, 7) is 8.21. The number of amides is 1. The average molecular weight is 294 g/mol. The number of hydrogen-bond donors (Lipinski definition) is 1. The number of nitrogens with zero attached hydrogens (tertiary/aromatic N) is 1. The minimum Gasteiger partial charge on any atom is -0.371 e. The van der Waals surface area contributed by atoms with E-state index in [1.54, 1.807) is 0 Å². The van der Waals surface area contributed by atoms with Crippen LogP contribution in [-0.2, 0) is 6.42 Å². The van der Waals surface area contributed by atoms with Gasteiger partial charge in [-0.1, -0.05) is 23.8 Å². The molecule has 1 aliphatic heterocycles. The molecule has 3 nitrogen and oxygen atoms in total. The molecule has 0 saturated carbocycles. The number of carbonyl (C=O) groups excluding carboxylic acids is 1. The lowest BCUT2D eigenvalue weighted by Gasteiger charge is -2.17. The maximum absolute atomic E-state index is 12.5. The smallest absolute Gasteiger partial charge is 0.255 e. The molecule has 0 spiro atoms. The predicted octanol–water partition coefficient (Wildman–Crippen LogP) is 3.94. The van der Waals surface area contributed by atoms with Gasteiger partial charge in [-0.3, -0.25) is 4.79 Å². The third-order valence-electron chi connectivity index (χ3n) is 4.35. The number of anilines is 2. The third kappa shape index (κ3) is 2.71. The van der Waals surface area contributed by atoms with E-state index >= 15 is 0 Å². The Balaban J connectivity index is 1.84. The van der Waals surface area contributed by atoms with Gasteiger partial charge in [-0.2, -0.15) is 0 Å². The first kappa shape index (κ1) is 14.6. The second-order valence-corrected chi connectivity index (χ2v) is 5.95. The van der Waals surface area contributed by atoms with Crippen LogP contribution in [0.15, 0.2) is 36.4 Å². The van der Waals surface area contributed by atoms with Crippen LogP contribution >= 0.6 is 0 Å². The number of carbonyl (C=O) groups is 1. The molecule has 0 aliphatic carbocycles. The third-order valence-corrected chi connectivity index (χ3v) is 4.35. The van der Waals surface area contributed by atoms with Gasteiger partial charge < -0.3 is 10.2 Å². The topological polar surface area (TPSA) is 32.3 Å². The SMILES string of the molecule is CCN1CCc2ccc(NC(=O)c3cc(C)ccc3C)cc21. The quantitative estimate of drug-likeness (QED) is 0.930. The highest BCUT2D eigenvalue weighted by molar-refractivity contribution is 6.05. The van der Waals surface area contributed by atoms with Crippen molar-refractivity contribution in [1.82, 2.24) is 0 Å². The Labute approximate surface area is 132 Å². The van der Waals surface area contributed by atoms with Crippen molar-refractivity contribution >= 4 is 17.3 Å². The van der Waals surface area contributed by atoms with E-state index in [2.05, 4.69) is 29.3 Å². The zero-order chi connectivity index (χ0) is 15.7. The molecule has 1 aliphatic rings. The zero-order valence-corrected chi connectivity index (χ0v) is 13.4. The molecule has 114 valence electrons. The van der Waals surface area contributed by atoms with E-state index in [1.165, 1.54) is 11.3 Å².